The molecule has 1 aromatic carbocycles. The zero-order valence-corrected chi connectivity index (χ0v) is 12.6. The van der Waals surface area contributed by atoms with E-state index in [1.807, 2.05) is 0 Å². The summed E-state index contributed by atoms with van der Waals surface area (Å²) < 4.78 is 0. The quantitative estimate of drug-likeness (QED) is 0.804. The number of hydrogen-bond acceptors (Lipinski definition) is 4. The zero-order chi connectivity index (χ0) is 14.4. The number of carbonyl (C=O) groups is 1. The van der Waals surface area contributed by atoms with E-state index in [2.05, 4.69) is 27.4 Å². The van der Waals surface area contributed by atoms with Gasteiger partial charge in [-0.2, -0.15) is 0 Å². The molecular formula is C13H15ClN4OS. The highest BCUT2D eigenvalue weighted by atomic mass is 35.5. The molecule has 0 aliphatic rings. The molecule has 0 saturated carbocycles. The number of hydrogen-bond donors (Lipinski definition) is 2. The maximum absolute atomic E-state index is 11.8. The Morgan fingerprint density at radius 3 is 2.85 bits per heavy atom. The summed E-state index contributed by atoms with van der Waals surface area (Å²) in [6, 6.07) is 6.99. The molecule has 5 nitrogen and oxygen atoms in total. The van der Waals surface area contributed by atoms with Gasteiger partial charge in [0.05, 0.1) is 5.75 Å². The number of carbonyl (C=O) groups excluding carboxylic acids is 1. The van der Waals surface area contributed by atoms with E-state index in [1.54, 1.807) is 24.3 Å². The third kappa shape index (κ3) is 4.54. The summed E-state index contributed by atoms with van der Waals surface area (Å²) in [7, 11) is 0. The van der Waals surface area contributed by atoms with E-state index in [0.29, 0.717) is 10.2 Å². The number of rotatable bonds is 6. The molecule has 106 valence electrons. The minimum atomic E-state index is -0.0980. The van der Waals surface area contributed by atoms with Crippen LogP contribution in [0, 0.1) is 0 Å². The number of thioether (sulfide) groups is 1. The lowest BCUT2D eigenvalue weighted by Gasteiger charge is -2.03. The van der Waals surface area contributed by atoms with Gasteiger partial charge in [0, 0.05) is 17.1 Å². The Hall–Kier alpha value is -1.53. The lowest BCUT2D eigenvalue weighted by molar-refractivity contribution is -0.113. The predicted octanol–water partition coefficient (Wildman–Crippen LogP) is 3.14. The maximum Gasteiger partial charge on any atom is 0.234 e. The molecule has 0 atom stereocenters. The van der Waals surface area contributed by atoms with Crippen LogP contribution in [0.2, 0.25) is 5.02 Å². The Morgan fingerprint density at radius 2 is 2.15 bits per heavy atom. The molecule has 0 fully saturated rings. The molecule has 0 aliphatic heterocycles. The summed E-state index contributed by atoms with van der Waals surface area (Å²) in [5.74, 6) is 1.03. The first-order valence-corrected chi connectivity index (χ1v) is 7.63. The smallest absolute Gasteiger partial charge is 0.234 e. The molecule has 2 N–H and O–H groups in total. The molecule has 1 aromatic heterocycles. The predicted molar refractivity (Wildman–Crippen MR) is 81.2 cm³/mol. The molecule has 0 radical (unpaired) electrons. The van der Waals surface area contributed by atoms with E-state index >= 15 is 0 Å². The average Bonchev–Trinajstić information content (AvgIpc) is 2.87. The van der Waals surface area contributed by atoms with Crippen molar-refractivity contribution >= 4 is 35.0 Å². The van der Waals surface area contributed by atoms with Gasteiger partial charge in [-0.15, -0.1) is 5.10 Å². The molecule has 20 heavy (non-hydrogen) atoms. The van der Waals surface area contributed by atoms with E-state index < -0.39 is 0 Å². The van der Waals surface area contributed by atoms with Gasteiger partial charge < -0.3 is 5.32 Å². The van der Waals surface area contributed by atoms with Crippen LogP contribution in [0.15, 0.2) is 29.4 Å². The average molecular weight is 311 g/mol. The van der Waals surface area contributed by atoms with E-state index in [1.165, 1.54) is 11.8 Å². The van der Waals surface area contributed by atoms with Gasteiger partial charge in [0.25, 0.3) is 0 Å². The fourth-order valence-corrected chi connectivity index (χ4v) is 2.29. The number of aromatic amines is 1. The molecule has 1 amide bonds. The van der Waals surface area contributed by atoms with Crippen molar-refractivity contribution in [1.82, 2.24) is 15.2 Å². The third-order valence-corrected chi connectivity index (χ3v) is 3.56. The van der Waals surface area contributed by atoms with Crippen molar-refractivity contribution in [3.63, 3.8) is 0 Å². The summed E-state index contributed by atoms with van der Waals surface area (Å²) in [6.07, 6.45) is 1.88. The number of benzene rings is 1. The molecule has 0 spiro atoms. The molecule has 2 aromatic rings. The van der Waals surface area contributed by atoms with Crippen LogP contribution in [-0.4, -0.2) is 26.8 Å². The number of H-pyrrole nitrogens is 1. The third-order valence-electron chi connectivity index (χ3n) is 2.46. The van der Waals surface area contributed by atoms with Crippen LogP contribution in [0.1, 0.15) is 19.2 Å². The molecule has 1 heterocycles. The Kier molecular flexibility index (Phi) is 5.43. The van der Waals surface area contributed by atoms with E-state index in [9.17, 15) is 4.79 Å². The van der Waals surface area contributed by atoms with Gasteiger partial charge in [0.2, 0.25) is 11.1 Å². The van der Waals surface area contributed by atoms with Crippen molar-refractivity contribution in [2.24, 2.45) is 0 Å². The summed E-state index contributed by atoms with van der Waals surface area (Å²) in [4.78, 5) is 16.1. The number of aryl methyl sites for hydroxylation is 1. The first kappa shape index (κ1) is 14.9. The van der Waals surface area contributed by atoms with Gasteiger partial charge in [-0.1, -0.05) is 30.3 Å². The van der Waals surface area contributed by atoms with Crippen molar-refractivity contribution in [3.8, 4) is 0 Å². The molecule has 0 saturated heterocycles. The van der Waals surface area contributed by atoms with Crippen LogP contribution < -0.4 is 5.32 Å². The van der Waals surface area contributed by atoms with E-state index in [0.717, 1.165) is 24.4 Å². The normalized spacial score (nSPS) is 10.5. The standard InChI is InChI=1S/C13H15ClN4OS/c1-2-3-11-16-13(18-17-11)20-8-12(19)15-10-6-4-9(14)5-7-10/h4-7H,2-3,8H2,1H3,(H,15,19)(H,16,17,18). The first-order valence-electron chi connectivity index (χ1n) is 6.27. The van der Waals surface area contributed by atoms with Crippen molar-refractivity contribution in [1.29, 1.82) is 0 Å². The highest BCUT2D eigenvalue weighted by molar-refractivity contribution is 7.99. The highest BCUT2D eigenvalue weighted by Crippen LogP contribution is 2.16. The molecular weight excluding hydrogens is 296 g/mol. The molecule has 0 unspecified atom stereocenters. The second-order valence-corrected chi connectivity index (χ2v) is 5.54. The van der Waals surface area contributed by atoms with Crippen molar-refractivity contribution in [2.75, 3.05) is 11.1 Å². The monoisotopic (exact) mass is 310 g/mol. The van der Waals surface area contributed by atoms with Crippen LogP contribution >= 0.6 is 23.4 Å². The summed E-state index contributed by atoms with van der Waals surface area (Å²) >= 11 is 7.09. The van der Waals surface area contributed by atoms with Crippen LogP contribution in [0.4, 0.5) is 5.69 Å². The highest BCUT2D eigenvalue weighted by Gasteiger charge is 2.07. The fraction of sp³-hybridized carbons (Fsp3) is 0.308. The van der Waals surface area contributed by atoms with Gasteiger partial charge in [0.15, 0.2) is 0 Å². The number of nitrogens with one attached hydrogen (secondary N) is 2. The van der Waals surface area contributed by atoms with Crippen LogP contribution in [0.25, 0.3) is 0 Å². The summed E-state index contributed by atoms with van der Waals surface area (Å²) in [5, 5.41) is 10.9. The lowest BCUT2D eigenvalue weighted by Crippen LogP contribution is -2.13. The van der Waals surface area contributed by atoms with E-state index in [-0.39, 0.29) is 11.7 Å². The minimum absolute atomic E-state index is 0.0980. The number of aromatic nitrogens is 3. The second kappa shape index (κ2) is 7.31. The van der Waals surface area contributed by atoms with Gasteiger partial charge >= 0.3 is 0 Å². The number of nitrogens with zero attached hydrogens (tertiary/aromatic N) is 2. The fourth-order valence-electron chi connectivity index (χ4n) is 1.55. The number of anilines is 1. The molecule has 2 rings (SSSR count). The molecule has 0 bridgehead atoms. The Morgan fingerprint density at radius 1 is 1.40 bits per heavy atom. The van der Waals surface area contributed by atoms with Gasteiger partial charge in [0.1, 0.15) is 5.82 Å². The topological polar surface area (TPSA) is 70.7 Å². The number of amides is 1. The Bertz CT molecular complexity index is 570. The van der Waals surface area contributed by atoms with Crippen LogP contribution in [-0.2, 0) is 11.2 Å². The largest absolute Gasteiger partial charge is 0.325 e. The van der Waals surface area contributed by atoms with Crippen molar-refractivity contribution < 1.29 is 4.79 Å². The van der Waals surface area contributed by atoms with Gasteiger partial charge in [-0.25, -0.2) is 4.98 Å². The number of halogens is 1. The van der Waals surface area contributed by atoms with Gasteiger partial charge in [-0.3, -0.25) is 9.89 Å². The Labute approximate surface area is 126 Å². The summed E-state index contributed by atoms with van der Waals surface area (Å²) in [5.41, 5.74) is 0.724. The minimum Gasteiger partial charge on any atom is -0.325 e. The lowest BCUT2D eigenvalue weighted by atomic mass is 10.3. The molecule has 7 heteroatoms. The zero-order valence-electron chi connectivity index (χ0n) is 11.0. The second-order valence-electron chi connectivity index (χ2n) is 4.16. The molecule has 0 aliphatic carbocycles. The van der Waals surface area contributed by atoms with Crippen molar-refractivity contribution in [2.45, 2.75) is 24.9 Å². The van der Waals surface area contributed by atoms with Gasteiger partial charge in [-0.05, 0) is 30.7 Å². The maximum atomic E-state index is 11.8. The summed E-state index contributed by atoms with van der Waals surface area (Å²) in [6.45, 7) is 2.08. The van der Waals surface area contributed by atoms with E-state index in [4.69, 9.17) is 11.6 Å². The van der Waals surface area contributed by atoms with Crippen LogP contribution in [0.3, 0.4) is 0 Å². The first-order chi connectivity index (χ1) is 9.67. The van der Waals surface area contributed by atoms with Crippen LogP contribution in [0.5, 0.6) is 0 Å². The SMILES string of the molecule is CCCc1nc(SCC(=O)Nc2ccc(Cl)cc2)n[nH]1. The Balaban J connectivity index is 1.80. The van der Waals surface area contributed by atoms with Crippen molar-refractivity contribution in [3.05, 3.63) is 35.1 Å².